The molecule has 3 rings (SSSR count). The molecule has 2 aromatic rings. The molecule has 21 heavy (non-hydrogen) atoms. The van der Waals surface area contributed by atoms with Gasteiger partial charge in [-0.2, -0.15) is 0 Å². The monoisotopic (exact) mass is 281 g/mol. The minimum absolute atomic E-state index is 0.116. The first-order valence-electron chi connectivity index (χ1n) is 6.25. The van der Waals surface area contributed by atoms with E-state index in [0.29, 0.717) is 5.56 Å². The number of likely N-dealkylation sites (N-methyl/N-ethyl adjacent to an activating group) is 1. The Kier molecular flexibility index (Phi) is 3.19. The summed E-state index contributed by atoms with van der Waals surface area (Å²) in [6.07, 6.45) is 2.92. The zero-order valence-corrected chi connectivity index (χ0v) is 11.2. The van der Waals surface area contributed by atoms with Crippen LogP contribution in [-0.4, -0.2) is 29.6 Å². The summed E-state index contributed by atoms with van der Waals surface area (Å²) in [4.78, 5) is 34.0. The fourth-order valence-corrected chi connectivity index (χ4v) is 2.06. The summed E-state index contributed by atoms with van der Waals surface area (Å²) in [6, 6.07) is 10.4. The second-order valence-corrected chi connectivity index (χ2v) is 4.44. The number of anilines is 1. The van der Waals surface area contributed by atoms with E-state index in [9.17, 15) is 9.59 Å². The molecule has 0 bridgehead atoms. The first-order chi connectivity index (χ1) is 10.2. The van der Waals surface area contributed by atoms with Crippen LogP contribution in [0.2, 0.25) is 0 Å². The van der Waals surface area contributed by atoms with E-state index in [2.05, 4.69) is 10.1 Å². The van der Waals surface area contributed by atoms with E-state index in [0.717, 1.165) is 5.69 Å². The lowest BCUT2D eigenvalue weighted by molar-refractivity contribution is -0.112. The maximum Gasteiger partial charge on any atom is 0.367 e. The molecular weight excluding hydrogens is 270 g/mol. The zero-order chi connectivity index (χ0) is 14.8. The number of fused-ring (bicyclic) bond motifs is 1. The first kappa shape index (κ1) is 13.0. The lowest BCUT2D eigenvalue weighted by atomic mass is 10.1. The van der Waals surface area contributed by atoms with Gasteiger partial charge in [0.15, 0.2) is 5.71 Å². The second-order valence-electron chi connectivity index (χ2n) is 4.44. The van der Waals surface area contributed by atoms with E-state index in [-0.39, 0.29) is 17.2 Å². The van der Waals surface area contributed by atoms with E-state index < -0.39 is 5.97 Å². The van der Waals surface area contributed by atoms with Crippen LogP contribution in [0.4, 0.5) is 5.69 Å². The van der Waals surface area contributed by atoms with Crippen molar-refractivity contribution in [3.05, 3.63) is 59.9 Å². The molecule has 1 aromatic carbocycles. The Hall–Kier alpha value is -3.02. The van der Waals surface area contributed by atoms with Gasteiger partial charge in [0.2, 0.25) is 0 Å². The number of nitrogens with zero attached hydrogens (tertiary/aromatic N) is 3. The summed E-state index contributed by atoms with van der Waals surface area (Å²) in [5, 5.41) is 3.72. The average Bonchev–Trinajstić information content (AvgIpc) is 2.78. The van der Waals surface area contributed by atoms with Crippen molar-refractivity contribution in [2.75, 3.05) is 11.9 Å². The molecule has 1 aromatic heterocycles. The molecule has 0 saturated carbocycles. The molecular formula is C15H11N3O3. The van der Waals surface area contributed by atoms with Crippen LogP contribution in [0.15, 0.2) is 53.9 Å². The summed E-state index contributed by atoms with van der Waals surface area (Å²) in [5.41, 5.74) is 1.77. The Labute approximate surface area is 120 Å². The van der Waals surface area contributed by atoms with Crippen molar-refractivity contribution >= 4 is 23.3 Å². The van der Waals surface area contributed by atoms with Crippen molar-refractivity contribution in [3.8, 4) is 0 Å². The Morgan fingerprint density at radius 3 is 2.81 bits per heavy atom. The Balaban J connectivity index is 1.87. The van der Waals surface area contributed by atoms with Crippen molar-refractivity contribution in [3.63, 3.8) is 0 Å². The van der Waals surface area contributed by atoms with Crippen molar-refractivity contribution in [1.82, 2.24) is 4.98 Å². The molecule has 0 saturated heterocycles. The molecule has 1 aliphatic heterocycles. The number of oxime groups is 1. The van der Waals surface area contributed by atoms with E-state index >= 15 is 0 Å². The highest BCUT2D eigenvalue weighted by molar-refractivity contribution is 6.54. The average molecular weight is 281 g/mol. The van der Waals surface area contributed by atoms with Gasteiger partial charge in [0.1, 0.15) is 0 Å². The minimum Gasteiger partial charge on any atom is -0.312 e. The van der Waals surface area contributed by atoms with Crippen molar-refractivity contribution in [2.45, 2.75) is 0 Å². The summed E-state index contributed by atoms with van der Waals surface area (Å²) in [5.74, 6) is -0.967. The number of para-hydroxylation sites is 1. The molecule has 0 atom stereocenters. The Bertz CT molecular complexity index is 741. The molecule has 0 spiro atoms. The first-order valence-corrected chi connectivity index (χ1v) is 6.25. The molecule has 0 fully saturated rings. The van der Waals surface area contributed by atoms with Gasteiger partial charge < -0.3 is 9.74 Å². The number of hydrogen-bond acceptors (Lipinski definition) is 5. The van der Waals surface area contributed by atoms with E-state index in [4.69, 9.17) is 4.84 Å². The predicted molar refractivity (Wildman–Crippen MR) is 76.0 cm³/mol. The standard InChI is InChI=1S/C15H11N3O3/c1-18-12-7-3-2-6-11(12)13(14(18)19)17-21-15(20)10-5-4-8-16-9-10/h2-9H,1H3/b17-13+. The second kappa shape index (κ2) is 5.16. The highest BCUT2D eigenvalue weighted by Crippen LogP contribution is 2.27. The van der Waals surface area contributed by atoms with Crippen molar-refractivity contribution in [1.29, 1.82) is 0 Å². The zero-order valence-electron chi connectivity index (χ0n) is 11.2. The minimum atomic E-state index is -0.657. The van der Waals surface area contributed by atoms with Gasteiger partial charge in [-0.25, -0.2) is 4.79 Å². The Morgan fingerprint density at radius 2 is 2.05 bits per heavy atom. The molecule has 0 aliphatic carbocycles. The van der Waals surface area contributed by atoms with Crippen LogP contribution in [-0.2, 0) is 9.63 Å². The highest BCUT2D eigenvalue weighted by atomic mass is 16.7. The number of carbonyl (C=O) groups excluding carboxylic acids is 2. The van der Waals surface area contributed by atoms with Crippen molar-refractivity contribution in [2.24, 2.45) is 5.16 Å². The summed E-state index contributed by atoms with van der Waals surface area (Å²) >= 11 is 0. The fourth-order valence-electron chi connectivity index (χ4n) is 2.06. The molecule has 1 amide bonds. The van der Waals surface area contributed by atoms with Gasteiger partial charge in [0.25, 0.3) is 5.91 Å². The van der Waals surface area contributed by atoms with Crippen LogP contribution in [0.3, 0.4) is 0 Å². The highest BCUT2D eigenvalue weighted by Gasteiger charge is 2.32. The normalized spacial score (nSPS) is 15.2. The number of benzene rings is 1. The van der Waals surface area contributed by atoms with Gasteiger partial charge in [-0.15, -0.1) is 0 Å². The number of amides is 1. The third-order valence-electron chi connectivity index (χ3n) is 3.14. The van der Waals surface area contributed by atoms with Crippen LogP contribution in [0, 0.1) is 0 Å². The third-order valence-corrected chi connectivity index (χ3v) is 3.14. The number of rotatable bonds is 2. The Morgan fingerprint density at radius 1 is 1.24 bits per heavy atom. The number of carbonyl (C=O) groups is 2. The van der Waals surface area contributed by atoms with Gasteiger partial charge in [-0.3, -0.25) is 9.78 Å². The van der Waals surface area contributed by atoms with Gasteiger partial charge >= 0.3 is 5.97 Å². The lowest BCUT2D eigenvalue weighted by Gasteiger charge is -2.07. The number of aromatic nitrogens is 1. The topological polar surface area (TPSA) is 71.9 Å². The lowest BCUT2D eigenvalue weighted by Crippen LogP contribution is -2.25. The summed E-state index contributed by atoms with van der Waals surface area (Å²) < 4.78 is 0. The van der Waals surface area contributed by atoms with E-state index in [1.54, 1.807) is 43.6 Å². The fraction of sp³-hybridized carbons (Fsp3) is 0.0667. The SMILES string of the molecule is CN1C(=O)/C(=N/OC(=O)c2cccnc2)c2ccccc21. The number of pyridine rings is 1. The quantitative estimate of drug-likeness (QED) is 0.619. The van der Waals surface area contributed by atoms with Crippen LogP contribution >= 0.6 is 0 Å². The van der Waals surface area contributed by atoms with E-state index in [1.165, 1.54) is 11.1 Å². The molecule has 0 N–H and O–H groups in total. The molecule has 1 aliphatic rings. The molecule has 2 heterocycles. The summed E-state index contributed by atoms with van der Waals surface area (Å²) in [6.45, 7) is 0. The van der Waals surface area contributed by atoms with Gasteiger partial charge in [-0.1, -0.05) is 23.4 Å². The van der Waals surface area contributed by atoms with Gasteiger partial charge in [-0.05, 0) is 18.2 Å². The van der Waals surface area contributed by atoms with Crippen molar-refractivity contribution < 1.29 is 14.4 Å². The summed E-state index contributed by atoms with van der Waals surface area (Å²) in [7, 11) is 1.65. The van der Waals surface area contributed by atoms with Crippen LogP contribution in [0.5, 0.6) is 0 Å². The molecule has 0 unspecified atom stereocenters. The number of hydrogen-bond donors (Lipinski definition) is 0. The third kappa shape index (κ3) is 2.27. The largest absolute Gasteiger partial charge is 0.367 e. The van der Waals surface area contributed by atoms with Crippen LogP contribution < -0.4 is 4.90 Å². The van der Waals surface area contributed by atoms with Gasteiger partial charge in [0.05, 0.1) is 11.3 Å². The van der Waals surface area contributed by atoms with Crippen LogP contribution in [0.25, 0.3) is 0 Å². The predicted octanol–water partition coefficient (Wildman–Crippen LogP) is 1.62. The van der Waals surface area contributed by atoms with E-state index in [1.807, 2.05) is 6.07 Å². The molecule has 104 valence electrons. The molecule has 6 nitrogen and oxygen atoms in total. The van der Waals surface area contributed by atoms with Crippen LogP contribution in [0.1, 0.15) is 15.9 Å². The van der Waals surface area contributed by atoms with Gasteiger partial charge in [0, 0.05) is 25.0 Å². The maximum absolute atomic E-state index is 12.1. The molecule has 0 radical (unpaired) electrons. The maximum atomic E-state index is 12.1. The smallest absolute Gasteiger partial charge is 0.312 e. The molecule has 6 heteroatoms.